The van der Waals surface area contributed by atoms with Crippen molar-refractivity contribution in [3.63, 3.8) is 0 Å². The van der Waals surface area contributed by atoms with Crippen molar-refractivity contribution in [1.29, 1.82) is 0 Å². The number of carboxylic acid groups (broad SMARTS) is 1. The highest BCUT2D eigenvalue weighted by molar-refractivity contribution is 5.96. The van der Waals surface area contributed by atoms with Crippen LogP contribution in [0.1, 0.15) is 6.92 Å². The first kappa shape index (κ1) is 14.6. The number of amides is 1. The van der Waals surface area contributed by atoms with Crippen LogP contribution in [0.4, 0.5) is 22.0 Å². The second kappa shape index (κ2) is 4.62. The average molecular weight is 249 g/mol. The van der Waals surface area contributed by atoms with E-state index in [2.05, 4.69) is 0 Å². The fourth-order valence-electron chi connectivity index (χ4n) is 0.564. The molecule has 0 unspecified atom stereocenters. The monoisotopic (exact) mass is 249 g/mol. The number of hydrogen-bond donors (Lipinski definition) is 2. The minimum absolute atomic E-state index is 0.864. The van der Waals surface area contributed by atoms with Gasteiger partial charge in [-0.3, -0.25) is 9.59 Å². The molecular weight excluding hydrogens is 241 g/mol. The summed E-state index contributed by atoms with van der Waals surface area (Å²) in [4.78, 5) is 21.0. The van der Waals surface area contributed by atoms with Crippen molar-refractivity contribution in [2.75, 3.05) is 6.54 Å². The van der Waals surface area contributed by atoms with Gasteiger partial charge in [-0.25, -0.2) is 0 Å². The maximum atomic E-state index is 12.3. The van der Waals surface area contributed by atoms with E-state index in [0.29, 0.717) is 0 Å². The van der Waals surface area contributed by atoms with Crippen LogP contribution >= 0.6 is 0 Å². The fourth-order valence-corrected chi connectivity index (χ4v) is 0.564. The number of rotatable bonds is 4. The fraction of sp³-hybridized carbons (Fsp3) is 0.714. The van der Waals surface area contributed by atoms with Gasteiger partial charge in [-0.1, -0.05) is 0 Å². The molecule has 0 radical (unpaired) electrons. The molecule has 0 fully saturated rings. The Morgan fingerprint density at radius 3 is 2.00 bits per heavy atom. The zero-order valence-electron chi connectivity index (χ0n) is 7.94. The van der Waals surface area contributed by atoms with Gasteiger partial charge in [0, 0.05) is 0 Å². The molecular formula is C7H8F5NO3. The van der Waals surface area contributed by atoms with Crippen molar-refractivity contribution in [3.8, 4) is 0 Å². The molecule has 1 atom stereocenters. The lowest BCUT2D eigenvalue weighted by molar-refractivity contribution is -0.278. The summed E-state index contributed by atoms with van der Waals surface area (Å²) in [6.07, 6.45) is -5.78. The lowest BCUT2D eigenvalue weighted by Gasteiger charge is -2.20. The molecule has 0 aromatic rings. The van der Waals surface area contributed by atoms with Crippen LogP contribution in [0.2, 0.25) is 0 Å². The highest BCUT2D eigenvalue weighted by Gasteiger charge is 2.57. The minimum Gasteiger partial charge on any atom is -0.481 e. The van der Waals surface area contributed by atoms with E-state index in [1.54, 1.807) is 0 Å². The molecule has 0 aliphatic heterocycles. The quantitative estimate of drug-likeness (QED) is 0.577. The van der Waals surface area contributed by atoms with Crippen molar-refractivity contribution in [2.24, 2.45) is 5.92 Å². The van der Waals surface area contributed by atoms with Gasteiger partial charge >= 0.3 is 18.1 Å². The third-order valence-corrected chi connectivity index (χ3v) is 1.66. The molecule has 0 aliphatic rings. The van der Waals surface area contributed by atoms with E-state index in [9.17, 15) is 31.5 Å². The number of carbonyl (C=O) groups is 2. The third-order valence-electron chi connectivity index (χ3n) is 1.66. The van der Waals surface area contributed by atoms with Crippen LogP contribution in [0, 0.1) is 5.92 Å². The van der Waals surface area contributed by atoms with Crippen LogP contribution in [0.15, 0.2) is 0 Å². The van der Waals surface area contributed by atoms with Gasteiger partial charge in [0.05, 0.1) is 6.54 Å². The van der Waals surface area contributed by atoms with Crippen molar-refractivity contribution in [2.45, 2.75) is 19.0 Å². The number of nitrogens with one attached hydrogen (secondary N) is 1. The van der Waals surface area contributed by atoms with E-state index in [4.69, 9.17) is 5.11 Å². The predicted molar refractivity (Wildman–Crippen MR) is 40.8 cm³/mol. The Bertz CT molecular complexity index is 288. The highest BCUT2D eigenvalue weighted by Crippen LogP contribution is 2.34. The van der Waals surface area contributed by atoms with E-state index in [1.807, 2.05) is 0 Å². The van der Waals surface area contributed by atoms with Crippen LogP contribution in [-0.2, 0) is 9.59 Å². The molecule has 94 valence electrons. The van der Waals surface area contributed by atoms with Gasteiger partial charge in [-0.2, -0.15) is 22.0 Å². The molecule has 0 rings (SSSR count). The second-order valence-corrected chi connectivity index (χ2v) is 2.98. The van der Waals surface area contributed by atoms with Gasteiger partial charge in [-0.05, 0) is 6.92 Å². The standard InChI is InChI=1S/C7H8F5NO3/c1-3(5(15)16)4(14)13-2-6(8,9)7(10,11)12/h3H,2H2,1H3,(H,13,14)(H,15,16)/t3-/m0/s1. The van der Waals surface area contributed by atoms with Crippen molar-refractivity contribution < 1.29 is 36.6 Å². The smallest absolute Gasteiger partial charge is 0.455 e. The summed E-state index contributed by atoms with van der Waals surface area (Å²) in [7, 11) is 0. The summed E-state index contributed by atoms with van der Waals surface area (Å²) < 4.78 is 59.4. The topological polar surface area (TPSA) is 66.4 Å². The van der Waals surface area contributed by atoms with Crippen molar-refractivity contribution >= 4 is 11.9 Å². The number of alkyl halides is 5. The first-order valence-electron chi connectivity index (χ1n) is 3.94. The first-order valence-corrected chi connectivity index (χ1v) is 3.94. The van der Waals surface area contributed by atoms with Gasteiger partial charge in [-0.15, -0.1) is 0 Å². The first-order chi connectivity index (χ1) is 6.99. The summed E-state index contributed by atoms with van der Waals surface area (Å²) in [5.41, 5.74) is 0. The normalized spacial score (nSPS) is 14.4. The Morgan fingerprint density at radius 2 is 1.69 bits per heavy atom. The molecule has 16 heavy (non-hydrogen) atoms. The second-order valence-electron chi connectivity index (χ2n) is 2.98. The van der Waals surface area contributed by atoms with Crippen LogP contribution in [-0.4, -0.2) is 35.6 Å². The van der Waals surface area contributed by atoms with Gasteiger partial charge in [0.15, 0.2) is 0 Å². The van der Waals surface area contributed by atoms with Crippen LogP contribution in [0.25, 0.3) is 0 Å². The van der Waals surface area contributed by atoms with Gasteiger partial charge in [0.25, 0.3) is 0 Å². The third kappa shape index (κ3) is 3.63. The summed E-state index contributed by atoms with van der Waals surface area (Å²) in [5, 5.41) is 9.49. The zero-order chi connectivity index (χ0) is 13.1. The van der Waals surface area contributed by atoms with E-state index in [0.717, 1.165) is 6.92 Å². The minimum atomic E-state index is -5.78. The average Bonchev–Trinajstić information content (AvgIpc) is 2.11. The van der Waals surface area contributed by atoms with E-state index in [1.165, 1.54) is 5.32 Å². The molecule has 0 heterocycles. The Kier molecular flexibility index (Phi) is 4.21. The van der Waals surface area contributed by atoms with Crippen LogP contribution < -0.4 is 5.32 Å². The number of carboxylic acids is 1. The Morgan fingerprint density at radius 1 is 1.25 bits per heavy atom. The lowest BCUT2D eigenvalue weighted by Crippen LogP contribution is -2.48. The Labute approximate surface area is 86.4 Å². The lowest BCUT2D eigenvalue weighted by atomic mass is 10.1. The van der Waals surface area contributed by atoms with Crippen LogP contribution in [0.5, 0.6) is 0 Å². The van der Waals surface area contributed by atoms with E-state index >= 15 is 0 Å². The number of hydrogen-bond acceptors (Lipinski definition) is 2. The van der Waals surface area contributed by atoms with E-state index in [-0.39, 0.29) is 0 Å². The molecule has 0 aromatic heterocycles. The van der Waals surface area contributed by atoms with Gasteiger partial charge < -0.3 is 10.4 Å². The number of aliphatic carboxylic acids is 1. The number of halogens is 5. The molecule has 0 spiro atoms. The van der Waals surface area contributed by atoms with Gasteiger partial charge in [0.1, 0.15) is 5.92 Å². The molecule has 2 N–H and O–H groups in total. The molecule has 9 heteroatoms. The SMILES string of the molecule is C[C@H](C(=O)O)C(=O)NCC(F)(F)C(F)(F)F. The van der Waals surface area contributed by atoms with E-state index < -0.39 is 36.4 Å². The van der Waals surface area contributed by atoms with Crippen molar-refractivity contribution in [1.82, 2.24) is 5.32 Å². The summed E-state index contributed by atoms with van der Waals surface area (Å²) in [5.74, 6) is -9.80. The molecule has 0 aromatic carbocycles. The van der Waals surface area contributed by atoms with Gasteiger partial charge in [0.2, 0.25) is 5.91 Å². The van der Waals surface area contributed by atoms with Crippen molar-refractivity contribution in [3.05, 3.63) is 0 Å². The molecule has 1 amide bonds. The van der Waals surface area contributed by atoms with Crippen LogP contribution in [0.3, 0.4) is 0 Å². The summed E-state index contributed by atoms with van der Waals surface area (Å²) >= 11 is 0. The molecule has 0 bridgehead atoms. The molecule has 0 aliphatic carbocycles. The zero-order valence-corrected chi connectivity index (χ0v) is 7.94. The molecule has 0 saturated heterocycles. The maximum absolute atomic E-state index is 12.3. The predicted octanol–water partition coefficient (Wildman–Crippen LogP) is 1.02. The summed E-state index contributed by atoms with van der Waals surface area (Å²) in [6, 6.07) is 0. The Balaban J connectivity index is 4.37. The molecule has 0 saturated carbocycles. The molecule has 4 nitrogen and oxygen atoms in total. The maximum Gasteiger partial charge on any atom is 0.455 e. The highest BCUT2D eigenvalue weighted by atomic mass is 19.4. The number of carbonyl (C=O) groups excluding carboxylic acids is 1. The Hall–Kier alpha value is -1.41. The summed E-state index contributed by atoms with van der Waals surface area (Å²) in [6.45, 7) is -1.11. The largest absolute Gasteiger partial charge is 0.481 e.